The van der Waals surface area contributed by atoms with Gasteiger partial charge in [-0.05, 0) is 22.4 Å². The Morgan fingerprint density at radius 2 is 2.12 bits per heavy atom. The molecule has 2 aromatic heterocycles. The summed E-state index contributed by atoms with van der Waals surface area (Å²) in [5, 5.41) is 11.1. The number of thiazole rings is 1. The van der Waals surface area contributed by atoms with Gasteiger partial charge < -0.3 is 5.32 Å². The minimum absolute atomic E-state index is 0. The van der Waals surface area contributed by atoms with Gasteiger partial charge in [-0.1, -0.05) is 13.8 Å². The zero-order valence-corrected chi connectivity index (χ0v) is 12.4. The van der Waals surface area contributed by atoms with E-state index in [9.17, 15) is 0 Å². The molecule has 0 radical (unpaired) electrons. The first-order valence-corrected chi connectivity index (χ1v) is 7.24. The maximum atomic E-state index is 4.59. The van der Waals surface area contributed by atoms with Crippen molar-refractivity contribution in [2.24, 2.45) is 0 Å². The fourth-order valence-corrected chi connectivity index (χ4v) is 2.90. The van der Waals surface area contributed by atoms with Crippen LogP contribution in [0.1, 0.15) is 36.0 Å². The van der Waals surface area contributed by atoms with Gasteiger partial charge in [0.1, 0.15) is 0 Å². The summed E-state index contributed by atoms with van der Waals surface area (Å²) >= 11 is 3.50. The summed E-state index contributed by atoms with van der Waals surface area (Å²) in [7, 11) is 0. The van der Waals surface area contributed by atoms with Gasteiger partial charge in [0.25, 0.3) is 0 Å². The van der Waals surface area contributed by atoms with Crippen molar-refractivity contribution in [1.29, 1.82) is 0 Å². The van der Waals surface area contributed by atoms with Crippen LogP contribution in [0.5, 0.6) is 0 Å². The number of thiophene rings is 1. The van der Waals surface area contributed by atoms with Crippen molar-refractivity contribution in [2.75, 3.05) is 0 Å². The molecule has 0 aliphatic carbocycles. The predicted molar refractivity (Wildman–Crippen MR) is 78.3 cm³/mol. The molecule has 1 N–H and O–H groups in total. The van der Waals surface area contributed by atoms with Crippen molar-refractivity contribution in [1.82, 2.24) is 10.3 Å². The molecular formula is C12H17ClN2S2. The maximum absolute atomic E-state index is 4.59. The van der Waals surface area contributed by atoms with Gasteiger partial charge in [0.05, 0.1) is 10.7 Å². The molecule has 0 aliphatic heterocycles. The fraction of sp³-hybridized carbons (Fsp3) is 0.417. The highest BCUT2D eigenvalue weighted by Crippen LogP contribution is 2.19. The molecule has 2 nitrogen and oxygen atoms in total. The predicted octanol–water partition coefficient (Wildman–Crippen LogP) is 4.04. The lowest BCUT2D eigenvalue weighted by Crippen LogP contribution is -2.12. The average molecular weight is 289 g/mol. The van der Waals surface area contributed by atoms with E-state index in [1.54, 1.807) is 22.7 Å². The van der Waals surface area contributed by atoms with Gasteiger partial charge in [-0.25, -0.2) is 4.98 Å². The summed E-state index contributed by atoms with van der Waals surface area (Å²) in [6.45, 7) is 6.15. The molecule has 0 amide bonds. The van der Waals surface area contributed by atoms with Gasteiger partial charge in [-0.15, -0.1) is 23.7 Å². The highest BCUT2D eigenvalue weighted by atomic mass is 35.5. The molecule has 0 atom stereocenters. The van der Waals surface area contributed by atoms with Crippen LogP contribution in [0, 0.1) is 0 Å². The van der Waals surface area contributed by atoms with Crippen molar-refractivity contribution in [3.63, 3.8) is 0 Å². The van der Waals surface area contributed by atoms with Crippen LogP contribution in [0.3, 0.4) is 0 Å². The van der Waals surface area contributed by atoms with Crippen molar-refractivity contribution >= 4 is 35.1 Å². The van der Waals surface area contributed by atoms with E-state index >= 15 is 0 Å². The molecule has 0 aliphatic rings. The van der Waals surface area contributed by atoms with E-state index in [1.165, 1.54) is 10.6 Å². The fourth-order valence-electron chi connectivity index (χ4n) is 1.40. The molecule has 17 heavy (non-hydrogen) atoms. The molecule has 0 unspecified atom stereocenters. The van der Waals surface area contributed by atoms with Crippen molar-refractivity contribution in [3.8, 4) is 0 Å². The molecule has 94 valence electrons. The molecule has 0 saturated carbocycles. The second-order valence-corrected chi connectivity index (χ2v) is 5.74. The van der Waals surface area contributed by atoms with Crippen LogP contribution in [0.25, 0.3) is 0 Å². The quantitative estimate of drug-likeness (QED) is 0.898. The summed E-state index contributed by atoms with van der Waals surface area (Å²) in [6, 6.07) is 2.15. The summed E-state index contributed by atoms with van der Waals surface area (Å²) in [4.78, 5) is 4.59. The highest BCUT2D eigenvalue weighted by Gasteiger charge is 2.05. The van der Waals surface area contributed by atoms with Crippen LogP contribution < -0.4 is 5.32 Å². The first-order valence-electron chi connectivity index (χ1n) is 5.42. The Bertz CT molecular complexity index is 423. The molecule has 0 aromatic carbocycles. The summed E-state index contributed by atoms with van der Waals surface area (Å²) in [5.41, 5.74) is 2.51. The molecule has 0 spiro atoms. The summed E-state index contributed by atoms with van der Waals surface area (Å²) in [5.74, 6) is 0.538. The minimum Gasteiger partial charge on any atom is -0.307 e. The lowest BCUT2D eigenvalue weighted by Gasteiger charge is -2.00. The van der Waals surface area contributed by atoms with E-state index in [1.807, 2.05) is 0 Å². The second-order valence-electron chi connectivity index (χ2n) is 4.07. The number of nitrogens with zero attached hydrogens (tertiary/aromatic N) is 1. The highest BCUT2D eigenvalue weighted by molar-refractivity contribution is 7.09. The molecule has 0 bridgehead atoms. The molecule has 2 rings (SSSR count). The molecule has 0 saturated heterocycles. The van der Waals surface area contributed by atoms with Gasteiger partial charge in [0.15, 0.2) is 0 Å². The van der Waals surface area contributed by atoms with E-state index in [4.69, 9.17) is 0 Å². The zero-order valence-electron chi connectivity index (χ0n) is 9.97. The number of aromatic nitrogens is 1. The van der Waals surface area contributed by atoms with Crippen molar-refractivity contribution in [2.45, 2.75) is 32.9 Å². The molecule has 2 aromatic rings. The number of halogens is 1. The van der Waals surface area contributed by atoms with Gasteiger partial charge in [-0.2, -0.15) is 11.3 Å². The van der Waals surface area contributed by atoms with E-state index in [2.05, 4.69) is 46.4 Å². The van der Waals surface area contributed by atoms with Crippen LogP contribution in [-0.2, 0) is 13.1 Å². The lowest BCUT2D eigenvalue weighted by atomic mass is 10.2. The normalized spacial score (nSPS) is 10.5. The van der Waals surface area contributed by atoms with Crippen LogP contribution in [0.4, 0.5) is 0 Å². The van der Waals surface area contributed by atoms with Crippen LogP contribution >= 0.6 is 35.1 Å². The van der Waals surface area contributed by atoms with E-state index in [0.717, 1.165) is 18.8 Å². The number of hydrogen-bond donors (Lipinski definition) is 1. The Morgan fingerprint density at radius 3 is 2.71 bits per heavy atom. The van der Waals surface area contributed by atoms with E-state index in [0.29, 0.717) is 5.92 Å². The third-order valence-electron chi connectivity index (χ3n) is 2.28. The van der Waals surface area contributed by atoms with Crippen molar-refractivity contribution in [3.05, 3.63) is 38.5 Å². The van der Waals surface area contributed by atoms with Gasteiger partial charge in [0, 0.05) is 24.4 Å². The minimum atomic E-state index is 0. The Labute approximate surface area is 117 Å². The first kappa shape index (κ1) is 14.6. The topological polar surface area (TPSA) is 24.9 Å². The number of hydrogen-bond acceptors (Lipinski definition) is 4. The largest absolute Gasteiger partial charge is 0.307 e. The van der Waals surface area contributed by atoms with Crippen LogP contribution in [0.2, 0.25) is 0 Å². The lowest BCUT2D eigenvalue weighted by molar-refractivity contribution is 0.679. The zero-order chi connectivity index (χ0) is 11.4. The SMILES string of the molecule is CC(C)c1nc(CNCc2ccsc2)cs1.Cl. The maximum Gasteiger partial charge on any atom is 0.0954 e. The smallest absolute Gasteiger partial charge is 0.0954 e. The van der Waals surface area contributed by atoms with Gasteiger partial charge in [0.2, 0.25) is 0 Å². The Balaban J connectivity index is 0.00000144. The Kier molecular flexibility index (Phi) is 6.12. The number of rotatable bonds is 5. The monoisotopic (exact) mass is 288 g/mol. The average Bonchev–Trinajstić information content (AvgIpc) is 2.87. The summed E-state index contributed by atoms with van der Waals surface area (Å²) in [6.07, 6.45) is 0. The molecule has 5 heteroatoms. The Morgan fingerprint density at radius 1 is 1.29 bits per heavy atom. The van der Waals surface area contributed by atoms with Crippen molar-refractivity contribution < 1.29 is 0 Å². The third kappa shape index (κ3) is 4.39. The first-order chi connectivity index (χ1) is 7.75. The van der Waals surface area contributed by atoms with Crippen LogP contribution in [-0.4, -0.2) is 4.98 Å². The van der Waals surface area contributed by atoms with Crippen LogP contribution in [0.15, 0.2) is 22.2 Å². The Hall–Kier alpha value is -0.420. The molecular weight excluding hydrogens is 272 g/mol. The summed E-state index contributed by atoms with van der Waals surface area (Å²) < 4.78 is 0. The molecule has 2 heterocycles. The molecule has 0 fully saturated rings. The number of nitrogens with one attached hydrogen (secondary N) is 1. The van der Waals surface area contributed by atoms with E-state index < -0.39 is 0 Å². The van der Waals surface area contributed by atoms with Gasteiger partial charge >= 0.3 is 0 Å². The van der Waals surface area contributed by atoms with Gasteiger partial charge in [-0.3, -0.25) is 0 Å². The standard InChI is InChI=1S/C12H16N2S2.ClH/c1-9(2)12-14-11(8-16-12)6-13-5-10-3-4-15-7-10;/h3-4,7-9,13H,5-6H2,1-2H3;1H. The van der Waals surface area contributed by atoms with E-state index in [-0.39, 0.29) is 12.4 Å². The second kappa shape index (κ2) is 7.11. The third-order valence-corrected chi connectivity index (χ3v) is 4.20.